The molecule has 1 N–H and O–H groups in total. The second-order valence-electron chi connectivity index (χ2n) is 6.28. The molecule has 0 fully saturated rings. The van der Waals surface area contributed by atoms with Crippen LogP contribution in [-0.2, 0) is 16.1 Å². The Labute approximate surface area is 169 Å². The zero-order valence-corrected chi connectivity index (χ0v) is 16.1. The van der Waals surface area contributed by atoms with Crippen LogP contribution in [0.5, 0.6) is 0 Å². The Morgan fingerprint density at radius 3 is 2.79 bits per heavy atom. The Balaban J connectivity index is 1.95. The van der Waals surface area contributed by atoms with Gasteiger partial charge in [0.2, 0.25) is 0 Å². The van der Waals surface area contributed by atoms with Gasteiger partial charge in [-0.05, 0) is 23.8 Å². The van der Waals surface area contributed by atoms with Gasteiger partial charge in [-0.2, -0.15) is 10.4 Å². The molecule has 0 atom stereocenters. The number of carbonyl (C=O) groups excluding carboxylic acids is 1. The third-order valence-corrected chi connectivity index (χ3v) is 4.17. The fraction of sp³-hybridized carbons (Fsp3) is 0.182. The number of nitrogens with zero attached hydrogens (tertiary/aromatic N) is 4. The number of hydrogen-bond acceptors (Lipinski definition) is 5. The van der Waals surface area contributed by atoms with Crippen molar-refractivity contribution in [2.75, 3.05) is 20.3 Å². The van der Waals surface area contributed by atoms with E-state index in [0.29, 0.717) is 31.0 Å². The van der Waals surface area contributed by atoms with Gasteiger partial charge in [0, 0.05) is 43.4 Å². The first-order valence-corrected chi connectivity index (χ1v) is 9.12. The average Bonchev–Trinajstić information content (AvgIpc) is 3.15. The van der Waals surface area contributed by atoms with Crippen molar-refractivity contribution in [3.05, 3.63) is 77.8 Å². The molecule has 0 saturated carbocycles. The molecular formula is C22H21N5O2. The molecule has 0 spiro atoms. The van der Waals surface area contributed by atoms with Crippen molar-refractivity contribution in [1.82, 2.24) is 20.1 Å². The minimum Gasteiger partial charge on any atom is -0.383 e. The predicted molar refractivity (Wildman–Crippen MR) is 109 cm³/mol. The van der Waals surface area contributed by atoms with E-state index in [9.17, 15) is 10.1 Å². The minimum absolute atomic E-state index is 0.00510. The maximum absolute atomic E-state index is 12.3. The van der Waals surface area contributed by atoms with Crippen molar-refractivity contribution in [2.45, 2.75) is 6.54 Å². The van der Waals surface area contributed by atoms with Crippen LogP contribution in [0.3, 0.4) is 0 Å². The van der Waals surface area contributed by atoms with E-state index in [0.717, 1.165) is 11.1 Å². The van der Waals surface area contributed by atoms with E-state index in [2.05, 4.69) is 15.4 Å². The highest BCUT2D eigenvalue weighted by Crippen LogP contribution is 2.24. The number of amides is 1. The summed E-state index contributed by atoms with van der Waals surface area (Å²) in [6, 6.07) is 15.6. The molecule has 0 unspecified atom stereocenters. The van der Waals surface area contributed by atoms with Crippen LogP contribution in [0.4, 0.5) is 0 Å². The summed E-state index contributed by atoms with van der Waals surface area (Å²) in [5.41, 5.74) is 3.24. The molecule has 0 saturated heterocycles. The molecule has 3 aromatic rings. The molecule has 0 radical (unpaired) electrons. The van der Waals surface area contributed by atoms with Crippen molar-refractivity contribution in [1.29, 1.82) is 5.26 Å². The van der Waals surface area contributed by atoms with Gasteiger partial charge in [-0.15, -0.1) is 0 Å². The summed E-state index contributed by atoms with van der Waals surface area (Å²) in [6.45, 7) is 1.28. The molecule has 29 heavy (non-hydrogen) atoms. The van der Waals surface area contributed by atoms with Gasteiger partial charge in [0.15, 0.2) is 0 Å². The van der Waals surface area contributed by atoms with E-state index < -0.39 is 5.91 Å². The number of carbonyl (C=O) groups is 1. The Morgan fingerprint density at radius 1 is 1.28 bits per heavy atom. The lowest BCUT2D eigenvalue weighted by Crippen LogP contribution is -2.27. The highest BCUT2D eigenvalue weighted by molar-refractivity contribution is 6.02. The second-order valence-corrected chi connectivity index (χ2v) is 6.28. The quantitative estimate of drug-likeness (QED) is 0.364. The summed E-state index contributed by atoms with van der Waals surface area (Å²) >= 11 is 0. The molecule has 2 heterocycles. The zero-order chi connectivity index (χ0) is 20.5. The highest BCUT2D eigenvalue weighted by Gasteiger charge is 2.14. The lowest BCUT2D eigenvalue weighted by atomic mass is 10.1. The van der Waals surface area contributed by atoms with Crippen LogP contribution in [-0.4, -0.2) is 40.9 Å². The number of benzene rings is 1. The number of methoxy groups -OCH3 is 1. The van der Waals surface area contributed by atoms with Crippen molar-refractivity contribution < 1.29 is 9.53 Å². The van der Waals surface area contributed by atoms with Gasteiger partial charge >= 0.3 is 0 Å². The summed E-state index contributed by atoms with van der Waals surface area (Å²) < 4.78 is 6.72. The van der Waals surface area contributed by atoms with Crippen LogP contribution >= 0.6 is 0 Å². The Bertz CT molecular complexity index is 1020. The van der Waals surface area contributed by atoms with Crippen LogP contribution in [0.1, 0.15) is 11.1 Å². The number of aromatic nitrogens is 3. The first-order chi connectivity index (χ1) is 14.2. The van der Waals surface area contributed by atoms with E-state index in [1.807, 2.05) is 54.7 Å². The number of ether oxygens (including phenoxy) is 1. The van der Waals surface area contributed by atoms with Gasteiger partial charge in [0.25, 0.3) is 5.91 Å². The Morgan fingerprint density at radius 2 is 2.10 bits per heavy atom. The molecule has 0 aliphatic heterocycles. The van der Waals surface area contributed by atoms with Crippen LogP contribution in [0.15, 0.2) is 66.6 Å². The molecule has 146 valence electrons. The summed E-state index contributed by atoms with van der Waals surface area (Å²) in [4.78, 5) is 16.5. The van der Waals surface area contributed by atoms with Crippen molar-refractivity contribution in [3.63, 3.8) is 0 Å². The number of hydrogen-bond donors (Lipinski definition) is 1. The molecule has 2 aromatic heterocycles. The van der Waals surface area contributed by atoms with E-state index >= 15 is 0 Å². The fourth-order valence-electron chi connectivity index (χ4n) is 2.79. The number of pyridine rings is 1. The van der Waals surface area contributed by atoms with Crippen LogP contribution in [0, 0.1) is 11.3 Å². The van der Waals surface area contributed by atoms with E-state index in [-0.39, 0.29) is 5.57 Å². The molecule has 0 bridgehead atoms. The molecule has 7 nitrogen and oxygen atoms in total. The van der Waals surface area contributed by atoms with Crippen molar-refractivity contribution in [3.8, 4) is 17.3 Å². The monoisotopic (exact) mass is 387 g/mol. The molecule has 3 rings (SSSR count). The van der Waals surface area contributed by atoms with Crippen LogP contribution in [0.2, 0.25) is 0 Å². The van der Waals surface area contributed by atoms with Crippen LogP contribution in [0.25, 0.3) is 17.3 Å². The first kappa shape index (κ1) is 20.0. The van der Waals surface area contributed by atoms with Gasteiger partial charge < -0.3 is 10.1 Å². The standard InChI is InChI=1S/C22H21N5O2/c1-29-11-10-25-22(28)19(13-23)12-20-16-27(15-17-6-3-2-4-7-17)26-21(20)18-8-5-9-24-14-18/h2-9,12,14,16H,10-11,15H2,1H3,(H,25,28)/b19-12+. The van der Waals surface area contributed by atoms with E-state index in [1.54, 1.807) is 30.3 Å². The number of nitrogens with one attached hydrogen (secondary N) is 1. The maximum atomic E-state index is 12.3. The molecule has 1 amide bonds. The van der Waals surface area contributed by atoms with E-state index in [1.165, 1.54) is 0 Å². The fourth-order valence-corrected chi connectivity index (χ4v) is 2.79. The molecule has 7 heteroatoms. The van der Waals surface area contributed by atoms with Gasteiger partial charge in [-0.1, -0.05) is 30.3 Å². The van der Waals surface area contributed by atoms with Gasteiger partial charge in [0.1, 0.15) is 17.3 Å². The first-order valence-electron chi connectivity index (χ1n) is 9.12. The largest absolute Gasteiger partial charge is 0.383 e. The molecular weight excluding hydrogens is 366 g/mol. The van der Waals surface area contributed by atoms with Crippen molar-refractivity contribution in [2.24, 2.45) is 0 Å². The molecule has 1 aromatic carbocycles. The zero-order valence-electron chi connectivity index (χ0n) is 16.1. The third kappa shape index (κ3) is 5.37. The minimum atomic E-state index is -0.447. The lowest BCUT2D eigenvalue weighted by Gasteiger charge is -2.03. The van der Waals surface area contributed by atoms with Gasteiger partial charge in [0.05, 0.1) is 13.2 Å². The lowest BCUT2D eigenvalue weighted by molar-refractivity contribution is -0.117. The summed E-state index contributed by atoms with van der Waals surface area (Å²) in [7, 11) is 1.55. The average molecular weight is 387 g/mol. The summed E-state index contributed by atoms with van der Waals surface area (Å²) in [6.07, 6.45) is 6.77. The summed E-state index contributed by atoms with van der Waals surface area (Å²) in [5.74, 6) is -0.447. The normalized spacial score (nSPS) is 11.1. The third-order valence-electron chi connectivity index (χ3n) is 4.17. The Kier molecular flexibility index (Phi) is 6.87. The van der Waals surface area contributed by atoms with Gasteiger partial charge in [-0.25, -0.2) is 0 Å². The SMILES string of the molecule is COCCNC(=O)/C(C#N)=C/c1cn(Cc2ccccc2)nc1-c1cccnc1. The van der Waals surface area contributed by atoms with Crippen LogP contribution < -0.4 is 5.32 Å². The second kappa shape index (κ2) is 9.97. The Hall–Kier alpha value is -3.76. The maximum Gasteiger partial charge on any atom is 0.262 e. The number of rotatable bonds is 8. The number of nitriles is 1. The predicted octanol–water partition coefficient (Wildman–Crippen LogP) is 2.66. The smallest absolute Gasteiger partial charge is 0.262 e. The van der Waals surface area contributed by atoms with Crippen molar-refractivity contribution >= 4 is 12.0 Å². The van der Waals surface area contributed by atoms with Gasteiger partial charge in [-0.3, -0.25) is 14.5 Å². The summed E-state index contributed by atoms with van der Waals surface area (Å²) in [5, 5.41) is 16.8. The molecule has 0 aliphatic carbocycles. The molecule has 0 aliphatic rings. The highest BCUT2D eigenvalue weighted by atomic mass is 16.5. The topological polar surface area (TPSA) is 92.8 Å². The van der Waals surface area contributed by atoms with E-state index in [4.69, 9.17) is 4.74 Å².